The van der Waals surface area contributed by atoms with Gasteiger partial charge in [-0.05, 0) is 56.4 Å². The van der Waals surface area contributed by atoms with Gasteiger partial charge < -0.3 is 16.0 Å². The van der Waals surface area contributed by atoms with E-state index in [9.17, 15) is 9.18 Å². The Hall–Kier alpha value is -1.62. The number of hydrogen-bond donors (Lipinski definition) is 2. The van der Waals surface area contributed by atoms with Crippen molar-refractivity contribution < 1.29 is 9.18 Å². The fourth-order valence-electron chi connectivity index (χ4n) is 2.98. The summed E-state index contributed by atoms with van der Waals surface area (Å²) in [7, 11) is 0. The monoisotopic (exact) mass is 291 g/mol. The third-order valence-corrected chi connectivity index (χ3v) is 4.50. The maximum absolute atomic E-state index is 13.2. The predicted molar refractivity (Wildman–Crippen MR) is 80.7 cm³/mol. The predicted octanol–water partition coefficient (Wildman–Crippen LogP) is 1.71. The van der Waals surface area contributed by atoms with Crippen LogP contribution in [0.25, 0.3) is 0 Å². The van der Waals surface area contributed by atoms with Gasteiger partial charge in [0.05, 0.1) is 5.54 Å². The number of benzene rings is 1. The van der Waals surface area contributed by atoms with Crippen LogP contribution in [0, 0.1) is 12.7 Å². The van der Waals surface area contributed by atoms with Gasteiger partial charge in [0.15, 0.2) is 0 Å². The molecule has 0 spiro atoms. The average molecular weight is 291 g/mol. The van der Waals surface area contributed by atoms with Crippen molar-refractivity contribution in [2.45, 2.75) is 44.2 Å². The Morgan fingerprint density at radius 3 is 2.90 bits per heavy atom. The van der Waals surface area contributed by atoms with E-state index in [1.165, 1.54) is 6.07 Å². The van der Waals surface area contributed by atoms with E-state index in [-0.39, 0.29) is 17.8 Å². The van der Waals surface area contributed by atoms with Crippen molar-refractivity contribution in [1.29, 1.82) is 0 Å². The molecule has 1 aliphatic carbocycles. The second-order valence-corrected chi connectivity index (χ2v) is 6.35. The minimum absolute atomic E-state index is 0.0230. The largest absolute Gasteiger partial charge is 0.369 e. The molecule has 1 aromatic rings. The molecule has 1 atom stereocenters. The number of amides is 1. The summed E-state index contributed by atoms with van der Waals surface area (Å²) in [5, 5.41) is 3.07. The van der Waals surface area contributed by atoms with Crippen molar-refractivity contribution in [3.8, 4) is 0 Å². The van der Waals surface area contributed by atoms with Crippen molar-refractivity contribution in [3.05, 3.63) is 29.6 Å². The number of hydrogen-bond acceptors (Lipinski definition) is 3. The summed E-state index contributed by atoms with van der Waals surface area (Å²) in [5.74, 6) is -0.234. The van der Waals surface area contributed by atoms with Crippen LogP contribution in [0.4, 0.5) is 10.1 Å². The number of carbonyl (C=O) groups is 1. The summed E-state index contributed by atoms with van der Waals surface area (Å²) in [6.07, 6.45) is 3.55. The molecule has 114 valence electrons. The molecule has 21 heavy (non-hydrogen) atoms. The maximum atomic E-state index is 13.2. The van der Waals surface area contributed by atoms with Gasteiger partial charge in [-0.15, -0.1) is 0 Å². The van der Waals surface area contributed by atoms with Crippen molar-refractivity contribution in [1.82, 2.24) is 5.32 Å². The summed E-state index contributed by atoms with van der Waals surface area (Å²) in [5.41, 5.74) is 7.29. The van der Waals surface area contributed by atoms with Gasteiger partial charge in [0, 0.05) is 24.8 Å². The number of piperidine rings is 1. The zero-order valence-corrected chi connectivity index (χ0v) is 12.4. The molecule has 5 heteroatoms. The number of rotatable bonds is 3. The van der Waals surface area contributed by atoms with Gasteiger partial charge in [0.25, 0.3) is 0 Å². The number of nitrogens with zero attached hydrogens (tertiary/aromatic N) is 1. The van der Waals surface area contributed by atoms with Crippen LogP contribution in [0.3, 0.4) is 0 Å². The van der Waals surface area contributed by atoms with Gasteiger partial charge in [0.2, 0.25) is 5.91 Å². The first kappa shape index (κ1) is 14.3. The third kappa shape index (κ3) is 3.02. The third-order valence-electron chi connectivity index (χ3n) is 4.50. The van der Waals surface area contributed by atoms with Crippen molar-refractivity contribution in [2.24, 2.45) is 5.73 Å². The molecule has 1 saturated heterocycles. The van der Waals surface area contributed by atoms with Gasteiger partial charge in [-0.25, -0.2) is 4.39 Å². The Balaban J connectivity index is 1.66. The Bertz CT molecular complexity index is 556. The molecule has 2 fully saturated rings. The molecule has 2 aliphatic rings. The second-order valence-electron chi connectivity index (χ2n) is 6.35. The first-order chi connectivity index (χ1) is 9.98. The zero-order chi connectivity index (χ0) is 15.0. The van der Waals surface area contributed by atoms with Crippen LogP contribution in [0.15, 0.2) is 18.2 Å². The molecule has 3 rings (SSSR count). The first-order valence-corrected chi connectivity index (χ1v) is 7.59. The van der Waals surface area contributed by atoms with E-state index >= 15 is 0 Å². The molecule has 1 amide bonds. The van der Waals surface area contributed by atoms with Crippen molar-refractivity contribution >= 4 is 11.6 Å². The van der Waals surface area contributed by atoms with Crippen LogP contribution in [0.5, 0.6) is 0 Å². The Labute approximate surface area is 124 Å². The lowest BCUT2D eigenvalue weighted by Gasteiger charge is -2.36. The van der Waals surface area contributed by atoms with Gasteiger partial charge >= 0.3 is 0 Å². The summed E-state index contributed by atoms with van der Waals surface area (Å²) >= 11 is 0. The summed E-state index contributed by atoms with van der Waals surface area (Å²) < 4.78 is 13.2. The zero-order valence-electron chi connectivity index (χ0n) is 12.4. The fourth-order valence-corrected chi connectivity index (χ4v) is 2.98. The fraction of sp³-hybridized carbons (Fsp3) is 0.562. The van der Waals surface area contributed by atoms with Gasteiger partial charge in [-0.2, -0.15) is 0 Å². The summed E-state index contributed by atoms with van der Waals surface area (Å²) in [6.45, 7) is 3.61. The van der Waals surface area contributed by atoms with E-state index in [0.29, 0.717) is 0 Å². The van der Waals surface area contributed by atoms with E-state index in [1.54, 1.807) is 6.07 Å². The minimum atomic E-state index is -0.617. The number of nitrogens with one attached hydrogen (secondary N) is 1. The standard InChI is InChI=1S/C16H22FN3O/c1-11-9-12(17)4-5-14(11)20-8-2-3-13(10-20)19-15(21)16(18)6-7-16/h4-5,9,13H,2-3,6-8,10,18H2,1H3,(H,19,21). The molecule has 4 nitrogen and oxygen atoms in total. The topological polar surface area (TPSA) is 58.4 Å². The lowest BCUT2D eigenvalue weighted by atomic mass is 10.0. The molecule has 1 aromatic carbocycles. The number of aryl methyl sites for hydroxylation is 1. The lowest BCUT2D eigenvalue weighted by molar-refractivity contribution is -0.124. The van der Waals surface area contributed by atoms with Crippen molar-refractivity contribution in [2.75, 3.05) is 18.0 Å². The summed E-state index contributed by atoms with van der Waals surface area (Å²) in [4.78, 5) is 14.3. The Morgan fingerprint density at radius 1 is 1.48 bits per heavy atom. The molecule has 0 radical (unpaired) electrons. The molecule has 3 N–H and O–H groups in total. The smallest absolute Gasteiger partial charge is 0.240 e. The van der Waals surface area contributed by atoms with E-state index in [0.717, 1.165) is 50.0 Å². The van der Waals surface area contributed by atoms with Crippen LogP contribution in [0.2, 0.25) is 0 Å². The van der Waals surface area contributed by atoms with Gasteiger partial charge in [0.1, 0.15) is 5.82 Å². The molecular weight excluding hydrogens is 269 g/mol. The quantitative estimate of drug-likeness (QED) is 0.891. The molecule has 0 aromatic heterocycles. The highest BCUT2D eigenvalue weighted by Crippen LogP contribution is 2.32. The molecule has 1 unspecified atom stereocenters. The molecular formula is C16H22FN3O. The summed E-state index contributed by atoms with van der Waals surface area (Å²) in [6, 6.07) is 4.98. The minimum Gasteiger partial charge on any atom is -0.369 e. The average Bonchev–Trinajstić information content (AvgIpc) is 3.18. The number of halogens is 1. The number of anilines is 1. The van der Waals surface area contributed by atoms with Crippen molar-refractivity contribution in [3.63, 3.8) is 0 Å². The highest BCUT2D eigenvalue weighted by molar-refractivity contribution is 5.89. The Morgan fingerprint density at radius 2 is 2.24 bits per heavy atom. The Kier molecular flexibility index (Phi) is 3.61. The SMILES string of the molecule is Cc1cc(F)ccc1N1CCCC(NC(=O)C2(N)CC2)C1. The normalized spacial score (nSPS) is 23.8. The van der Waals surface area contributed by atoms with Crippen LogP contribution >= 0.6 is 0 Å². The van der Waals surface area contributed by atoms with E-state index < -0.39 is 5.54 Å². The van der Waals surface area contributed by atoms with E-state index in [2.05, 4.69) is 10.2 Å². The van der Waals surface area contributed by atoms with Crippen LogP contribution in [0.1, 0.15) is 31.2 Å². The first-order valence-electron chi connectivity index (χ1n) is 7.59. The highest BCUT2D eigenvalue weighted by atomic mass is 19.1. The molecule has 0 bridgehead atoms. The number of carbonyl (C=O) groups excluding carboxylic acids is 1. The van der Waals surface area contributed by atoms with E-state index in [4.69, 9.17) is 5.73 Å². The van der Waals surface area contributed by atoms with Gasteiger partial charge in [-0.3, -0.25) is 4.79 Å². The second kappa shape index (κ2) is 5.30. The van der Waals surface area contributed by atoms with Crippen LogP contribution in [-0.2, 0) is 4.79 Å². The maximum Gasteiger partial charge on any atom is 0.240 e. The lowest BCUT2D eigenvalue weighted by Crippen LogP contribution is -2.53. The molecule has 1 heterocycles. The highest BCUT2D eigenvalue weighted by Gasteiger charge is 2.46. The molecule has 1 aliphatic heterocycles. The van der Waals surface area contributed by atoms with E-state index in [1.807, 2.05) is 13.0 Å². The van der Waals surface area contributed by atoms with Gasteiger partial charge in [-0.1, -0.05) is 0 Å². The molecule has 1 saturated carbocycles. The number of nitrogens with two attached hydrogens (primary N) is 1. The van der Waals surface area contributed by atoms with Crippen LogP contribution < -0.4 is 16.0 Å². The van der Waals surface area contributed by atoms with Crippen LogP contribution in [-0.4, -0.2) is 30.6 Å².